The van der Waals surface area contributed by atoms with E-state index in [4.69, 9.17) is 4.74 Å². The van der Waals surface area contributed by atoms with Gasteiger partial charge in [-0.15, -0.1) is 0 Å². The molecule has 168 valence electrons. The quantitative estimate of drug-likeness (QED) is 0.477. The molecule has 31 heavy (non-hydrogen) atoms. The van der Waals surface area contributed by atoms with Crippen LogP contribution in [0.15, 0.2) is 48.5 Å². The molecule has 3 rings (SSSR count). The minimum atomic E-state index is -4.29. The van der Waals surface area contributed by atoms with Gasteiger partial charge in [-0.2, -0.15) is 0 Å². The van der Waals surface area contributed by atoms with Crippen LogP contribution < -0.4 is 5.30 Å². The molecule has 3 atom stereocenters. The molecule has 0 amide bonds. The van der Waals surface area contributed by atoms with Gasteiger partial charge in [0.25, 0.3) is 0 Å². The van der Waals surface area contributed by atoms with Crippen LogP contribution in [0.2, 0.25) is 0 Å². The normalized spacial score (nSPS) is 20.2. The maximum absolute atomic E-state index is 12.5. The zero-order valence-electron chi connectivity index (χ0n) is 17.8. The lowest BCUT2D eigenvalue weighted by atomic mass is 9.88. The number of carbonyl (C=O) groups excluding carboxylic acids is 1. The summed E-state index contributed by atoms with van der Waals surface area (Å²) >= 11 is 0. The highest BCUT2D eigenvalue weighted by Gasteiger charge is 2.35. The fraction of sp³-hybridized carbons (Fsp3) is 0.458. The highest BCUT2D eigenvalue weighted by molar-refractivity contribution is 7.60. The molecule has 0 heterocycles. The molecule has 0 bridgehead atoms. The molecule has 7 heteroatoms. The van der Waals surface area contributed by atoms with Gasteiger partial charge in [0, 0.05) is 12.3 Å². The lowest BCUT2D eigenvalue weighted by Gasteiger charge is -2.20. The second-order valence-corrected chi connectivity index (χ2v) is 9.90. The van der Waals surface area contributed by atoms with Gasteiger partial charge in [0.1, 0.15) is 5.78 Å². The van der Waals surface area contributed by atoms with Crippen molar-refractivity contribution >= 4 is 18.7 Å². The summed E-state index contributed by atoms with van der Waals surface area (Å²) in [6, 6.07) is 13.9. The van der Waals surface area contributed by atoms with E-state index in [0.717, 1.165) is 36.8 Å². The number of Topliss-reactive ketones (excluding diaryl/α,β-unsaturated/α-hetero) is 1. The van der Waals surface area contributed by atoms with Crippen molar-refractivity contribution in [3.05, 3.63) is 65.2 Å². The monoisotopic (exact) mass is 446 g/mol. The summed E-state index contributed by atoms with van der Waals surface area (Å²) in [5, 5.41) is 10.2. The molecular formula is C24H31O6P. The van der Waals surface area contributed by atoms with E-state index in [-0.39, 0.29) is 29.5 Å². The molecular weight excluding hydrogens is 415 g/mol. The van der Waals surface area contributed by atoms with Crippen LogP contribution in [0.5, 0.6) is 0 Å². The summed E-state index contributed by atoms with van der Waals surface area (Å²) in [6.07, 6.45) is 3.55. The minimum Gasteiger partial charge on any atom is -0.388 e. The van der Waals surface area contributed by atoms with E-state index in [2.05, 4.69) is 6.92 Å². The standard InChI is InChI=1S/C24H31O6P/c1-2-3-7-22(25)18-8-10-19(11-9-18)24-20(12-13-23(24)26)16-30-15-17-5-4-6-21(14-17)31(27,28)29/h4-6,8-11,14,20,22,24-25H,2-3,7,12-13,15-16H2,1H3,(H2,27,28,29). The lowest BCUT2D eigenvalue weighted by molar-refractivity contribution is -0.119. The number of carbonyl (C=O) groups is 1. The fourth-order valence-corrected chi connectivity index (χ4v) is 4.81. The van der Waals surface area contributed by atoms with Crippen molar-refractivity contribution in [2.24, 2.45) is 5.92 Å². The molecule has 2 aromatic rings. The first-order chi connectivity index (χ1) is 14.8. The van der Waals surface area contributed by atoms with E-state index in [1.807, 2.05) is 24.3 Å². The Bertz CT molecular complexity index is 920. The summed E-state index contributed by atoms with van der Waals surface area (Å²) in [5.41, 5.74) is 2.51. The Morgan fingerprint density at radius 1 is 1.16 bits per heavy atom. The van der Waals surface area contributed by atoms with E-state index >= 15 is 0 Å². The van der Waals surface area contributed by atoms with Crippen molar-refractivity contribution in [3.8, 4) is 0 Å². The van der Waals surface area contributed by atoms with Crippen LogP contribution in [0.4, 0.5) is 0 Å². The predicted octanol–water partition coefficient (Wildman–Crippen LogP) is 3.99. The minimum absolute atomic E-state index is 0.0243. The van der Waals surface area contributed by atoms with Crippen LogP contribution in [-0.2, 0) is 20.7 Å². The third-order valence-corrected chi connectivity index (χ3v) is 6.89. The number of benzene rings is 2. The lowest BCUT2D eigenvalue weighted by Crippen LogP contribution is -2.18. The number of aliphatic hydroxyl groups is 1. The second kappa shape index (κ2) is 10.7. The van der Waals surface area contributed by atoms with Gasteiger partial charge in [-0.1, -0.05) is 56.2 Å². The molecule has 1 aliphatic carbocycles. The first-order valence-corrected chi connectivity index (χ1v) is 12.4. The predicted molar refractivity (Wildman–Crippen MR) is 119 cm³/mol. The van der Waals surface area contributed by atoms with E-state index in [0.29, 0.717) is 18.6 Å². The van der Waals surface area contributed by atoms with Gasteiger partial charge in [0.15, 0.2) is 0 Å². The fourth-order valence-electron chi connectivity index (χ4n) is 4.20. The van der Waals surface area contributed by atoms with E-state index < -0.39 is 13.7 Å². The molecule has 3 unspecified atom stereocenters. The topological polar surface area (TPSA) is 104 Å². The van der Waals surface area contributed by atoms with Crippen LogP contribution in [-0.4, -0.2) is 27.3 Å². The number of hydrogen-bond acceptors (Lipinski definition) is 4. The maximum Gasteiger partial charge on any atom is 0.356 e. The molecule has 1 aliphatic rings. The highest BCUT2D eigenvalue weighted by Crippen LogP contribution is 2.38. The SMILES string of the molecule is CCCCC(O)c1ccc(C2C(=O)CCC2COCc2cccc(P(=O)(O)O)c2)cc1. The highest BCUT2D eigenvalue weighted by atomic mass is 31.2. The summed E-state index contributed by atoms with van der Waals surface area (Å²) in [4.78, 5) is 31.2. The van der Waals surface area contributed by atoms with Crippen LogP contribution in [0.25, 0.3) is 0 Å². The third-order valence-electron chi connectivity index (χ3n) is 5.94. The van der Waals surface area contributed by atoms with Crippen LogP contribution in [0.1, 0.15) is 67.7 Å². The van der Waals surface area contributed by atoms with E-state index in [1.54, 1.807) is 12.1 Å². The van der Waals surface area contributed by atoms with Crippen LogP contribution in [0, 0.1) is 5.92 Å². The number of rotatable bonds is 10. The number of ether oxygens (including phenoxy) is 1. The first kappa shape index (κ1) is 23.8. The van der Waals surface area contributed by atoms with Gasteiger partial charge in [0.05, 0.1) is 24.6 Å². The van der Waals surface area contributed by atoms with Crippen molar-refractivity contribution < 1.29 is 29.0 Å². The van der Waals surface area contributed by atoms with Gasteiger partial charge < -0.3 is 19.6 Å². The Balaban J connectivity index is 1.61. The molecule has 0 radical (unpaired) electrons. The van der Waals surface area contributed by atoms with Crippen molar-refractivity contribution in [3.63, 3.8) is 0 Å². The molecule has 6 nitrogen and oxygen atoms in total. The number of unbranched alkanes of at least 4 members (excludes halogenated alkanes) is 1. The smallest absolute Gasteiger partial charge is 0.356 e. The molecule has 1 saturated carbocycles. The summed E-state index contributed by atoms with van der Waals surface area (Å²) in [6.45, 7) is 2.73. The van der Waals surface area contributed by atoms with Gasteiger partial charge in [-0.25, -0.2) is 0 Å². The van der Waals surface area contributed by atoms with Gasteiger partial charge in [-0.3, -0.25) is 9.36 Å². The summed E-state index contributed by atoms with van der Waals surface area (Å²) in [7, 11) is -4.29. The Morgan fingerprint density at radius 3 is 2.58 bits per heavy atom. The Labute approximate surface area is 183 Å². The Hall–Kier alpha value is -1.82. The van der Waals surface area contributed by atoms with Crippen molar-refractivity contribution in [1.82, 2.24) is 0 Å². The zero-order valence-corrected chi connectivity index (χ0v) is 18.7. The number of ketones is 1. The molecule has 0 spiro atoms. The Morgan fingerprint density at radius 2 is 1.90 bits per heavy atom. The Kier molecular flexibility index (Phi) is 8.20. The van der Waals surface area contributed by atoms with E-state index in [1.165, 1.54) is 12.1 Å². The van der Waals surface area contributed by atoms with Crippen LogP contribution >= 0.6 is 7.60 Å². The summed E-state index contributed by atoms with van der Waals surface area (Å²) in [5.74, 6) is 0.0491. The molecule has 0 saturated heterocycles. The second-order valence-electron chi connectivity index (χ2n) is 8.30. The van der Waals surface area contributed by atoms with Crippen molar-refractivity contribution in [2.75, 3.05) is 6.61 Å². The average Bonchev–Trinajstić information content (AvgIpc) is 3.12. The molecule has 0 aliphatic heterocycles. The maximum atomic E-state index is 12.5. The third kappa shape index (κ3) is 6.34. The van der Waals surface area contributed by atoms with E-state index in [9.17, 15) is 24.3 Å². The van der Waals surface area contributed by atoms with Gasteiger partial charge >= 0.3 is 7.60 Å². The number of aliphatic hydroxyl groups excluding tert-OH is 1. The molecule has 1 fully saturated rings. The number of hydrogen-bond donors (Lipinski definition) is 3. The van der Waals surface area contributed by atoms with Crippen LogP contribution in [0.3, 0.4) is 0 Å². The molecule has 3 N–H and O–H groups in total. The van der Waals surface area contributed by atoms with Crippen molar-refractivity contribution in [2.45, 2.75) is 57.7 Å². The van der Waals surface area contributed by atoms with Crippen molar-refractivity contribution in [1.29, 1.82) is 0 Å². The largest absolute Gasteiger partial charge is 0.388 e. The first-order valence-electron chi connectivity index (χ1n) is 10.8. The van der Waals surface area contributed by atoms with Gasteiger partial charge in [-0.05, 0) is 47.6 Å². The molecule has 2 aromatic carbocycles. The summed E-state index contributed by atoms with van der Waals surface area (Å²) < 4.78 is 17.3. The average molecular weight is 446 g/mol. The zero-order chi connectivity index (χ0) is 22.4. The van der Waals surface area contributed by atoms with Gasteiger partial charge in [0.2, 0.25) is 0 Å². The molecule has 0 aromatic heterocycles.